The first-order chi connectivity index (χ1) is 9.47. The van der Waals surface area contributed by atoms with E-state index in [2.05, 4.69) is 46.0 Å². The molecule has 20 heavy (non-hydrogen) atoms. The fraction of sp³-hybridized carbons (Fsp3) is 0.562. The maximum Gasteiger partial charge on any atom is 0.309 e. The van der Waals surface area contributed by atoms with E-state index in [1.807, 2.05) is 6.92 Å². The number of aliphatic carboxylic acids is 1. The van der Waals surface area contributed by atoms with Crippen LogP contribution in [0, 0.1) is 12.3 Å². The second-order valence-corrected chi connectivity index (χ2v) is 6.65. The van der Waals surface area contributed by atoms with Gasteiger partial charge in [0.15, 0.2) is 0 Å². The molecule has 0 amide bonds. The lowest BCUT2D eigenvalue weighted by Crippen LogP contribution is -2.43. The Bertz CT molecular complexity index is 493. The van der Waals surface area contributed by atoms with Crippen molar-refractivity contribution in [3.8, 4) is 0 Å². The molecule has 0 atom stereocenters. The van der Waals surface area contributed by atoms with E-state index in [1.54, 1.807) is 0 Å². The van der Waals surface area contributed by atoms with E-state index in [1.165, 1.54) is 11.1 Å². The summed E-state index contributed by atoms with van der Waals surface area (Å²) < 4.78 is 1.14. The van der Waals surface area contributed by atoms with Crippen LogP contribution >= 0.6 is 15.9 Å². The number of halogens is 1. The summed E-state index contributed by atoms with van der Waals surface area (Å²) in [4.78, 5) is 13.8. The van der Waals surface area contributed by atoms with Gasteiger partial charge in [-0.05, 0) is 56.5 Å². The molecule has 1 aromatic carbocycles. The summed E-state index contributed by atoms with van der Waals surface area (Å²) in [6.07, 6.45) is 2.24. The van der Waals surface area contributed by atoms with E-state index < -0.39 is 11.4 Å². The van der Waals surface area contributed by atoms with Crippen molar-refractivity contribution in [1.82, 2.24) is 4.90 Å². The monoisotopic (exact) mass is 339 g/mol. The minimum absolute atomic E-state index is 0.496. The van der Waals surface area contributed by atoms with Crippen LogP contribution in [-0.2, 0) is 11.3 Å². The Morgan fingerprint density at radius 3 is 2.55 bits per heavy atom. The minimum atomic E-state index is -0.627. The lowest BCUT2D eigenvalue weighted by atomic mass is 9.76. The first-order valence-electron chi connectivity index (χ1n) is 7.17. The SMILES string of the molecule is CCC1(C(=O)O)CCN(Cc2ccc(C)c(Br)c2)CC1. The van der Waals surface area contributed by atoms with E-state index in [0.29, 0.717) is 0 Å². The average Bonchev–Trinajstić information content (AvgIpc) is 2.44. The fourth-order valence-electron chi connectivity index (χ4n) is 2.85. The number of likely N-dealkylation sites (tertiary alicyclic amines) is 1. The molecule has 4 heteroatoms. The highest BCUT2D eigenvalue weighted by atomic mass is 79.9. The van der Waals surface area contributed by atoms with Gasteiger partial charge in [-0.15, -0.1) is 0 Å². The molecule has 0 radical (unpaired) electrons. The molecule has 0 bridgehead atoms. The van der Waals surface area contributed by atoms with Crippen molar-refractivity contribution >= 4 is 21.9 Å². The highest BCUT2D eigenvalue weighted by Gasteiger charge is 2.39. The summed E-state index contributed by atoms with van der Waals surface area (Å²) in [5.41, 5.74) is 2.02. The molecule has 3 nitrogen and oxygen atoms in total. The molecule has 1 aliphatic heterocycles. The predicted octanol–water partition coefficient (Wildman–Crippen LogP) is 3.83. The van der Waals surface area contributed by atoms with Crippen molar-refractivity contribution in [3.05, 3.63) is 33.8 Å². The Labute approximate surface area is 129 Å². The van der Waals surface area contributed by atoms with Crippen LogP contribution in [0.2, 0.25) is 0 Å². The molecule has 0 aliphatic carbocycles. The van der Waals surface area contributed by atoms with Gasteiger partial charge < -0.3 is 5.11 Å². The topological polar surface area (TPSA) is 40.5 Å². The third-order valence-electron chi connectivity index (χ3n) is 4.59. The molecular formula is C16H22BrNO2. The molecule has 1 saturated heterocycles. The summed E-state index contributed by atoms with van der Waals surface area (Å²) in [6, 6.07) is 6.43. The molecule has 1 aromatic rings. The molecule has 0 saturated carbocycles. The third-order valence-corrected chi connectivity index (χ3v) is 5.44. The number of hydrogen-bond donors (Lipinski definition) is 1. The van der Waals surface area contributed by atoms with Crippen molar-refractivity contribution in [1.29, 1.82) is 0 Å². The predicted molar refractivity (Wildman–Crippen MR) is 83.7 cm³/mol. The van der Waals surface area contributed by atoms with Gasteiger partial charge in [0.1, 0.15) is 0 Å². The van der Waals surface area contributed by atoms with E-state index in [0.717, 1.165) is 43.4 Å². The molecule has 0 unspecified atom stereocenters. The van der Waals surface area contributed by atoms with E-state index in [4.69, 9.17) is 0 Å². The van der Waals surface area contributed by atoms with Gasteiger partial charge in [0.25, 0.3) is 0 Å². The zero-order valence-electron chi connectivity index (χ0n) is 12.2. The summed E-state index contributed by atoms with van der Waals surface area (Å²) in [5, 5.41) is 9.41. The van der Waals surface area contributed by atoms with Crippen molar-refractivity contribution in [2.24, 2.45) is 5.41 Å². The summed E-state index contributed by atoms with van der Waals surface area (Å²) in [6.45, 7) is 6.70. The van der Waals surface area contributed by atoms with Crippen molar-refractivity contribution in [2.75, 3.05) is 13.1 Å². The smallest absolute Gasteiger partial charge is 0.309 e. The summed E-state index contributed by atoms with van der Waals surface area (Å²) >= 11 is 3.56. The second-order valence-electron chi connectivity index (χ2n) is 5.80. The normalized spacial score (nSPS) is 18.9. The van der Waals surface area contributed by atoms with Gasteiger partial charge in [0, 0.05) is 11.0 Å². The zero-order chi connectivity index (χ0) is 14.8. The van der Waals surface area contributed by atoms with E-state index in [9.17, 15) is 9.90 Å². The Morgan fingerprint density at radius 1 is 1.40 bits per heavy atom. The van der Waals surface area contributed by atoms with Crippen LogP contribution in [0.1, 0.15) is 37.3 Å². The zero-order valence-corrected chi connectivity index (χ0v) is 13.7. The van der Waals surface area contributed by atoms with Gasteiger partial charge in [-0.1, -0.05) is 35.0 Å². The Kier molecular flexibility index (Phi) is 4.86. The number of piperidine rings is 1. The molecule has 0 aromatic heterocycles. The molecular weight excluding hydrogens is 318 g/mol. The van der Waals surface area contributed by atoms with Gasteiger partial charge in [0.2, 0.25) is 0 Å². The Balaban J connectivity index is 1.97. The van der Waals surface area contributed by atoms with Crippen molar-refractivity contribution < 1.29 is 9.90 Å². The average molecular weight is 340 g/mol. The Hall–Kier alpha value is -0.870. The number of hydrogen-bond acceptors (Lipinski definition) is 2. The van der Waals surface area contributed by atoms with Gasteiger partial charge >= 0.3 is 5.97 Å². The quantitative estimate of drug-likeness (QED) is 0.906. The minimum Gasteiger partial charge on any atom is -0.481 e. The summed E-state index contributed by atoms with van der Waals surface area (Å²) in [7, 11) is 0. The second kappa shape index (κ2) is 6.27. The van der Waals surface area contributed by atoms with E-state index in [-0.39, 0.29) is 0 Å². The standard InChI is InChI=1S/C16H22BrNO2/c1-3-16(15(19)20)6-8-18(9-7-16)11-13-5-4-12(2)14(17)10-13/h4-5,10H,3,6-9,11H2,1-2H3,(H,19,20). The van der Waals surface area contributed by atoms with Crippen LogP contribution in [0.5, 0.6) is 0 Å². The number of rotatable bonds is 4. The molecule has 0 spiro atoms. The molecule has 110 valence electrons. The first-order valence-corrected chi connectivity index (χ1v) is 7.97. The number of carbonyl (C=O) groups is 1. The van der Waals surface area contributed by atoms with E-state index >= 15 is 0 Å². The first kappa shape index (κ1) is 15.5. The highest BCUT2D eigenvalue weighted by Crippen LogP contribution is 2.35. The number of nitrogens with zero attached hydrogens (tertiary/aromatic N) is 1. The Morgan fingerprint density at radius 2 is 2.05 bits per heavy atom. The summed E-state index contributed by atoms with van der Waals surface area (Å²) in [5.74, 6) is -0.627. The van der Waals surface area contributed by atoms with Gasteiger partial charge in [-0.2, -0.15) is 0 Å². The van der Waals surface area contributed by atoms with Crippen LogP contribution in [0.4, 0.5) is 0 Å². The molecule has 1 aliphatic rings. The number of carboxylic acids is 1. The van der Waals surface area contributed by atoms with Gasteiger partial charge in [-0.25, -0.2) is 0 Å². The lowest BCUT2D eigenvalue weighted by molar-refractivity contribution is -0.152. The maximum atomic E-state index is 11.4. The fourth-order valence-corrected chi connectivity index (χ4v) is 3.28. The van der Waals surface area contributed by atoms with Crippen LogP contribution in [0.25, 0.3) is 0 Å². The maximum absolute atomic E-state index is 11.4. The van der Waals surface area contributed by atoms with Gasteiger partial charge in [0.05, 0.1) is 5.41 Å². The third kappa shape index (κ3) is 3.23. The number of benzene rings is 1. The van der Waals surface area contributed by atoms with Crippen molar-refractivity contribution in [3.63, 3.8) is 0 Å². The molecule has 2 rings (SSSR count). The molecule has 1 heterocycles. The van der Waals surface area contributed by atoms with Crippen molar-refractivity contribution in [2.45, 2.75) is 39.7 Å². The van der Waals surface area contributed by atoms with Crippen LogP contribution in [-0.4, -0.2) is 29.1 Å². The highest BCUT2D eigenvalue weighted by molar-refractivity contribution is 9.10. The van der Waals surface area contributed by atoms with Crippen LogP contribution < -0.4 is 0 Å². The van der Waals surface area contributed by atoms with Crippen LogP contribution in [0.15, 0.2) is 22.7 Å². The lowest BCUT2D eigenvalue weighted by Gasteiger charge is -2.38. The van der Waals surface area contributed by atoms with Gasteiger partial charge in [-0.3, -0.25) is 9.69 Å². The molecule has 1 fully saturated rings. The molecule has 1 N–H and O–H groups in total. The number of aryl methyl sites for hydroxylation is 1. The van der Waals surface area contributed by atoms with Crippen LogP contribution in [0.3, 0.4) is 0 Å². The largest absolute Gasteiger partial charge is 0.481 e. The number of carboxylic acid groups (broad SMARTS) is 1.